The average molecular weight is 348 g/mol. The number of nitrogen functional groups attached to an aromatic ring is 1. The van der Waals surface area contributed by atoms with E-state index in [4.69, 9.17) is 52.1 Å². The van der Waals surface area contributed by atoms with E-state index in [1.807, 2.05) is 0 Å². The van der Waals surface area contributed by atoms with Crippen molar-refractivity contribution in [3.8, 4) is 11.1 Å². The molecule has 102 valence electrons. The summed E-state index contributed by atoms with van der Waals surface area (Å²) in [5, 5.41) is 13.7. The van der Waals surface area contributed by atoms with Crippen molar-refractivity contribution >= 4 is 57.8 Å². The molecule has 0 heterocycles. The second kappa shape index (κ2) is 4.71. The van der Waals surface area contributed by atoms with Gasteiger partial charge in [0.25, 0.3) is 0 Å². The van der Waals surface area contributed by atoms with Crippen LogP contribution in [0.4, 0.5) is 5.69 Å². The fourth-order valence-electron chi connectivity index (χ4n) is 2.32. The van der Waals surface area contributed by atoms with E-state index in [0.29, 0.717) is 21.7 Å². The molecule has 0 radical (unpaired) electrons. The Morgan fingerprint density at radius 1 is 0.900 bits per heavy atom. The van der Waals surface area contributed by atoms with Crippen LogP contribution in [0.15, 0.2) is 23.4 Å². The lowest BCUT2D eigenvalue weighted by molar-refractivity contribution is 0.320. The molecule has 0 bridgehead atoms. The summed E-state index contributed by atoms with van der Waals surface area (Å²) in [6, 6.07) is 5.14. The smallest absolute Gasteiger partial charge is 0.120 e. The van der Waals surface area contributed by atoms with Crippen molar-refractivity contribution < 1.29 is 5.21 Å². The van der Waals surface area contributed by atoms with Gasteiger partial charge in [-0.25, -0.2) is 0 Å². The molecule has 2 aromatic carbocycles. The molecule has 3 rings (SSSR count). The van der Waals surface area contributed by atoms with Gasteiger partial charge >= 0.3 is 0 Å². The molecule has 0 unspecified atom stereocenters. The topological polar surface area (TPSA) is 58.6 Å². The fourth-order valence-corrected chi connectivity index (χ4v) is 3.31. The number of hydrogen-bond acceptors (Lipinski definition) is 3. The minimum atomic E-state index is 0.150. The van der Waals surface area contributed by atoms with Crippen molar-refractivity contribution in [2.45, 2.75) is 0 Å². The number of nitrogens with two attached hydrogens (primary N) is 1. The zero-order valence-electron chi connectivity index (χ0n) is 9.72. The monoisotopic (exact) mass is 346 g/mol. The first-order chi connectivity index (χ1) is 9.47. The Bertz CT molecular complexity index is 787. The maximum atomic E-state index is 9.30. The van der Waals surface area contributed by atoms with Crippen molar-refractivity contribution in [3.05, 3.63) is 49.4 Å². The van der Waals surface area contributed by atoms with Gasteiger partial charge in [-0.2, -0.15) is 0 Å². The Kier molecular flexibility index (Phi) is 3.26. The summed E-state index contributed by atoms with van der Waals surface area (Å²) in [7, 11) is 0. The van der Waals surface area contributed by atoms with E-state index in [1.54, 1.807) is 18.2 Å². The maximum Gasteiger partial charge on any atom is 0.120 e. The molecule has 0 atom stereocenters. The quantitative estimate of drug-likeness (QED) is 0.257. The number of halogens is 4. The molecule has 3 nitrogen and oxygen atoms in total. The van der Waals surface area contributed by atoms with Crippen LogP contribution in [0, 0.1) is 0 Å². The second-order valence-corrected chi connectivity index (χ2v) is 5.81. The van der Waals surface area contributed by atoms with E-state index in [9.17, 15) is 5.21 Å². The normalized spacial score (nSPS) is 14.5. The maximum absolute atomic E-state index is 9.30. The number of nitrogens with zero attached hydrogens (tertiary/aromatic N) is 1. The van der Waals surface area contributed by atoms with Gasteiger partial charge in [-0.1, -0.05) is 57.6 Å². The molecule has 0 saturated carbocycles. The Hall–Kier alpha value is -1.13. The van der Waals surface area contributed by atoms with Gasteiger partial charge in [0.05, 0.1) is 20.8 Å². The van der Waals surface area contributed by atoms with Gasteiger partial charge in [0.1, 0.15) is 5.71 Å². The predicted molar refractivity (Wildman–Crippen MR) is 83.8 cm³/mol. The van der Waals surface area contributed by atoms with Crippen LogP contribution in [-0.2, 0) is 0 Å². The molecule has 7 heteroatoms. The van der Waals surface area contributed by atoms with Gasteiger partial charge < -0.3 is 10.9 Å². The highest BCUT2D eigenvalue weighted by Crippen LogP contribution is 2.50. The third kappa shape index (κ3) is 1.71. The van der Waals surface area contributed by atoms with Crippen molar-refractivity contribution in [2.24, 2.45) is 5.16 Å². The highest BCUT2D eigenvalue weighted by atomic mass is 35.5. The summed E-state index contributed by atoms with van der Waals surface area (Å²) in [4.78, 5) is 0. The van der Waals surface area contributed by atoms with E-state index in [0.717, 1.165) is 5.56 Å². The molecule has 0 spiro atoms. The lowest BCUT2D eigenvalue weighted by Crippen LogP contribution is -2.02. The second-order valence-electron chi connectivity index (χ2n) is 4.24. The molecule has 20 heavy (non-hydrogen) atoms. The Morgan fingerprint density at radius 3 is 2.25 bits per heavy atom. The first kappa shape index (κ1) is 13.8. The van der Waals surface area contributed by atoms with Gasteiger partial charge in [0, 0.05) is 21.7 Å². The highest BCUT2D eigenvalue weighted by Gasteiger charge is 2.33. The number of anilines is 1. The van der Waals surface area contributed by atoms with Crippen LogP contribution in [0.5, 0.6) is 0 Å². The molecule has 0 amide bonds. The van der Waals surface area contributed by atoms with E-state index in [-0.39, 0.29) is 26.5 Å². The number of hydrogen-bond donors (Lipinski definition) is 2. The largest absolute Gasteiger partial charge is 0.410 e. The lowest BCUT2D eigenvalue weighted by atomic mass is 10.1. The summed E-state index contributed by atoms with van der Waals surface area (Å²) in [6.45, 7) is 0. The molecule has 0 aromatic heterocycles. The van der Waals surface area contributed by atoms with E-state index >= 15 is 0 Å². The first-order valence-electron chi connectivity index (χ1n) is 5.46. The summed E-state index contributed by atoms with van der Waals surface area (Å²) < 4.78 is 0. The van der Waals surface area contributed by atoms with E-state index < -0.39 is 0 Å². The van der Waals surface area contributed by atoms with Crippen LogP contribution in [0.1, 0.15) is 11.1 Å². The first-order valence-corrected chi connectivity index (χ1v) is 6.97. The zero-order chi connectivity index (χ0) is 14.6. The van der Waals surface area contributed by atoms with E-state index in [2.05, 4.69) is 5.16 Å². The molecule has 0 saturated heterocycles. The molecule has 3 N–H and O–H groups in total. The van der Waals surface area contributed by atoms with Gasteiger partial charge in [0.15, 0.2) is 0 Å². The standard InChI is InChI=1S/C13H6Cl4N2O/c14-4-1-2-5-6(3-4)13(19-20)8-7(5)9(15)11(17)12(18)10(8)16/h1-3,20H,18H2. The fraction of sp³-hybridized carbons (Fsp3) is 0. The molecule has 2 aromatic rings. The molecular formula is C13H6Cl4N2O. The molecule has 1 aliphatic rings. The zero-order valence-corrected chi connectivity index (χ0v) is 12.7. The SMILES string of the molecule is Nc1c(Cl)c(Cl)c2c(c1Cl)C(=NO)c1cc(Cl)ccc1-2. The molecule has 0 aliphatic heterocycles. The van der Waals surface area contributed by atoms with Crippen LogP contribution in [-0.4, -0.2) is 10.9 Å². The molecular weight excluding hydrogens is 342 g/mol. The third-order valence-electron chi connectivity index (χ3n) is 3.20. The number of fused-ring (bicyclic) bond motifs is 3. The van der Waals surface area contributed by atoms with Crippen LogP contribution in [0.2, 0.25) is 20.1 Å². The Labute approximate surface area is 134 Å². The van der Waals surface area contributed by atoms with Crippen LogP contribution in [0.25, 0.3) is 11.1 Å². The van der Waals surface area contributed by atoms with Crippen molar-refractivity contribution in [1.82, 2.24) is 0 Å². The van der Waals surface area contributed by atoms with Crippen molar-refractivity contribution in [2.75, 3.05) is 5.73 Å². The number of benzene rings is 2. The lowest BCUT2D eigenvalue weighted by Gasteiger charge is -2.11. The minimum Gasteiger partial charge on any atom is -0.410 e. The summed E-state index contributed by atoms with van der Waals surface area (Å²) in [6.07, 6.45) is 0. The third-order valence-corrected chi connectivity index (χ3v) is 4.69. The predicted octanol–water partition coefficient (Wildman–Crippen LogP) is 5.09. The van der Waals surface area contributed by atoms with Crippen LogP contribution >= 0.6 is 46.4 Å². The van der Waals surface area contributed by atoms with Gasteiger partial charge in [-0.3, -0.25) is 0 Å². The Balaban J connectivity index is 2.51. The number of rotatable bonds is 0. The van der Waals surface area contributed by atoms with Gasteiger partial charge in [-0.15, -0.1) is 0 Å². The minimum absolute atomic E-state index is 0.150. The number of oxime groups is 1. The summed E-state index contributed by atoms with van der Waals surface area (Å²) in [5.41, 5.74) is 8.66. The van der Waals surface area contributed by atoms with Crippen molar-refractivity contribution in [3.63, 3.8) is 0 Å². The van der Waals surface area contributed by atoms with Crippen LogP contribution in [0.3, 0.4) is 0 Å². The van der Waals surface area contributed by atoms with Crippen molar-refractivity contribution in [1.29, 1.82) is 0 Å². The highest BCUT2D eigenvalue weighted by molar-refractivity contribution is 6.51. The van der Waals surface area contributed by atoms with Gasteiger partial charge in [-0.05, 0) is 17.7 Å². The summed E-state index contributed by atoms with van der Waals surface area (Å²) >= 11 is 24.6. The average Bonchev–Trinajstić information content (AvgIpc) is 2.76. The summed E-state index contributed by atoms with van der Waals surface area (Å²) in [5.74, 6) is 0. The molecule has 0 fully saturated rings. The van der Waals surface area contributed by atoms with Gasteiger partial charge in [0.2, 0.25) is 0 Å². The molecule has 1 aliphatic carbocycles. The van der Waals surface area contributed by atoms with E-state index in [1.165, 1.54) is 0 Å². The van der Waals surface area contributed by atoms with Crippen LogP contribution < -0.4 is 5.73 Å². The Morgan fingerprint density at radius 2 is 1.60 bits per heavy atom.